The summed E-state index contributed by atoms with van der Waals surface area (Å²) in [5.74, 6) is 2.29. The lowest BCUT2D eigenvalue weighted by molar-refractivity contribution is -0.386. The van der Waals surface area contributed by atoms with Crippen molar-refractivity contribution in [3.05, 3.63) is 81.2 Å². The third-order valence-electron chi connectivity index (χ3n) is 3.84. The molecule has 0 N–H and O–H groups in total. The van der Waals surface area contributed by atoms with Gasteiger partial charge in [0.25, 0.3) is 0 Å². The van der Waals surface area contributed by atoms with E-state index in [0.29, 0.717) is 17.1 Å². The smallest absolute Gasteiger partial charge is 0.315 e. The molecule has 0 amide bonds. The number of nitro benzene ring substituents is 1. The standard InChI is InChI=1S/C18H17NO5/c1-11-7-9-14(23-11)17(15-10-8-12(2)24-15)13-5-4-6-16(22-3)18(13)19(20)21/h4-10,17H,1-3H3. The first-order valence-electron chi connectivity index (χ1n) is 7.45. The molecule has 0 aliphatic carbocycles. The fourth-order valence-electron chi connectivity index (χ4n) is 2.80. The van der Waals surface area contributed by atoms with Crippen molar-refractivity contribution in [2.24, 2.45) is 0 Å². The molecular formula is C18H17NO5. The first kappa shape index (κ1) is 15.9. The molecule has 3 rings (SSSR count). The summed E-state index contributed by atoms with van der Waals surface area (Å²) in [7, 11) is 1.41. The molecule has 2 heterocycles. The molecule has 24 heavy (non-hydrogen) atoms. The molecule has 0 saturated carbocycles. The van der Waals surface area contributed by atoms with Crippen molar-refractivity contribution in [2.75, 3.05) is 7.11 Å². The number of rotatable bonds is 5. The molecule has 2 aromatic heterocycles. The summed E-state index contributed by atoms with van der Waals surface area (Å²) in [6.07, 6.45) is 0. The molecule has 0 spiro atoms. The van der Waals surface area contributed by atoms with Crippen LogP contribution in [0.3, 0.4) is 0 Å². The van der Waals surface area contributed by atoms with Gasteiger partial charge in [-0.05, 0) is 44.2 Å². The summed E-state index contributed by atoms with van der Waals surface area (Å²) in [5.41, 5.74) is 0.371. The number of hydrogen-bond donors (Lipinski definition) is 0. The number of benzene rings is 1. The van der Waals surface area contributed by atoms with Crippen LogP contribution in [0.2, 0.25) is 0 Å². The number of para-hydroxylation sites is 1. The van der Waals surface area contributed by atoms with Gasteiger partial charge < -0.3 is 13.6 Å². The van der Waals surface area contributed by atoms with Gasteiger partial charge >= 0.3 is 5.69 Å². The van der Waals surface area contributed by atoms with Crippen LogP contribution in [0.1, 0.15) is 34.5 Å². The van der Waals surface area contributed by atoms with Gasteiger partial charge in [-0.25, -0.2) is 0 Å². The second-order valence-corrected chi connectivity index (χ2v) is 5.49. The van der Waals surface area contributed by atoms with E-state index in [2.05, 4.69) is 0 Å². The van der Waals surface area contributed by atoms with Crippen molar-refractivity contribution < 1.29 is 18.5 Å². The van der Waals surface area contributed by atoms with Crippen LogP contribution >= 0.6 is 0 Å². The van der Waals surface area contributed by atoms with Crippen molar-refractivity contribution >= 4 is 5.69 Å². The Morgan fingerprint density at radius 3 is 2.00 bits per heavy atom. The molecule has 0 radical (unpaired) electrons. The Balaban J connectivity index is 2.25. The molecule has 0 aliphatic rings. The normalized spacial score (nSPS) is 11.0. The minimum Gasteiger partial charge on any atom is -0.490 e. The molecule has 6 heteroatoms. The van der Waals surface area contributed by atoms with E-state index in [1.54, 1.807) is 30.3 Å². The van der Waals surface area contributed by atoms with Gasteiger partial charge in [0, 0.05) is 0 Å². The monoisotopic (exact) mass is 327 g/mol. The lowest BCUT2D eigenvalue weighted by atomic mass is 9.92. The SMILES string of the molecule is COc1cccc(C(c2ccc(C)o2)c2ccc(C)o2)c1[N+](=O)[O-]. The quantitative estimate of drug-likeness (QED) is 0.506. The first-order valence-corrected chi connectivity index (χ1v) is 7.45. The maximum Gasteiger partial charge on any atom is 0.315 e. The maximum absolute atomic E-state index is 11.6. The Bertz CT molecular complexity index is 837. The van der Waals surface area contributed by atoms with E-state index in [1.165, 1.54) is 7.11 Å². The molecule has 0 atom stereocenters. The highest BCUT2D eigenvalue weighted by atomic mass is 16.6. The minimum atomic E-state index is -0.525. The molecule has 124 valence electrons. The number of ether oxygens (including phenoxy) is 1. The highest BCUT2D eigenvalue weighted by molar-refractivity contribution is 5.57. The van der Waals surface area contributed by atoms with Crippen LogP contribution in [-0.2, 0) is 0 Å². The average Bonchev–Trinajstić information content (AvgIpc) is 3.16. The maximum atomic E-state index is 11.6. The third-order valence-corrected chi connectivity index (χ3v) is 3.84. The topological polar surface area (TPSA) is 78.7 Å². The molecule has 6 nitrogen and oxygen atoms in total. The van der Waals surface area contributed by atoms with Crippen LogP contribution in [0.5, 0.6) is 5.75 Å². The molecule has 0 unspecified atom stereocenters. The Morgan fingerprint density at radius 2 is 1.58 bits per heavy atom. The fraction of sp³-hybridized carbons (Fsp3) is 0.222. The molecule has 0 fully saturated rings. The zero-order valence-corrected chi connectivity index (χ0v) is 13.6. The average molecular weight is 327 g/mol. The van der Waals surface area contributed by atoms with Crippen LogP contribution in [0.25, 0.3) is 0 Å². The Labute approximate surface area is 138 Å². The summed E-state index contributed by atoms with van der Waals surface area (Å²) in [4.78, 5) is 11.2. The number of aryl methyl sites for hydroxylation is 2. The van der Waals surface area contributed by atoms with Crippen molar-refractivity contribution in [1.29, 1.82) is 0 Å². The van der Waals surface area contributed by atoms with Gasteiger partial charge in [-0.3, -0.25) is 10.1 Å². The third kappa shape index (κ3) is 2.78. The van der Waals surface area contributed by atoms with Gasteiger partial charge in [-0.2, -0.15) is 0 Å². The van der Waals surface area contributed by atoms with E-state index in [4.69, 9.17) is 13.6 Å². The van der Waals surface area contributed by atoms with Crippen LogP contribution < -0.4 is 4.74 Å². The number of nitrogens with zero attached hydrogens (tertiary/aromatic N) is 1. The number of methoxy groups -OCH3 is 1. The highest BCUT2D eigenvalue weighted by Gasteiger charge is 2.32. The van der Waals surface area contributed by atoms with Gasteiger partial charge in [0.05, 0.1) is 17.6 Å². The van der Waals surface area contributed by atoms with Crippen molar-refractivity contribution in [3.63, 3.8) is 0 Å². The summed E-state index contributed by atoms with van der Waals surface area (Å²) in [5, 5.41) is 11.6. The largest absolute Gasteiger partial charge is 0.490 e. The summed E-state index contributed by atoms with van der Waals surface area (Å²) in [6, 6.07) is 12.2. The second-order valence-electron chi connectivity index (χ2n) is 5.49. The fourth-order valence-corrected chi connectivity index (χ4v) is 2.80. The van der Waals surface area contributed by atoms with Crippen LogP contribution in [0.15, 0.2) is 51.3 Å². The van der Waals surface area contributed by atoms with Crippen molar-refractivity contribution in [3.8, 4) is 5.75 Å². The predicted octanol–water partition coefficient (Wildman–Crippen LogP) is 4.59. The van der Waals surface area contributed by atoms with Crippen LogP contribution in [-0.4, -0.2) is 12.0 Å². The van der Waals surface area contributed by atoms with Gasteiger partial charge in [0.1, 0.15) is 29.0 Å². The van der Waals surface area contributed by atoms with E-state index in [9.17, 15) is 10.1 Å². The molecule has 0 saturated heterocycles. The molecule has 0 bridgehead atoms. The molecule has 0 aliphatic heterocycles. The Morgan fingerprint density at radius 1 is 1.00 bits per heavy atom. The molecular weight excluding hydrogens is 310 g/mol. The zero-order chi connectivity index (χ0) is 17.3. The van der Waals surface area contributed by atoms with Gasteiger partial charge in [-0.15, -0.1) is 0 Å². The lowest BCUT2D eigenvalue weighted by Gasteiger charge is -2.14. The van der Waals surface area contributed by atoms with Crippen LogP contribution in [0, 0.1) is 24.0 Å². The Hall–Kier alpha value is -3.02. The van der Waals surface area contributed by atoms with E-state index >= 15 is 0 Å². The number of nitro groups is 1. The second kappa shape index (κ2) is 6.23. The number of hydrogen-bond acceptors (Lipinski definition) is 5. The molecule has 3 aromatic rings. The molecule has 1 aromatic carbocycles. The van der Waals surface area contributed by atoms with Crippen LogP contribution in [0.4, 0.5) is 5.69 Å². The van der Waals surface area contributed by atoms with Crippen molar-refractivity contribution in [1.82, 2.24) is 0 Å². The van der Waals surface area contributed by atoms with Gasteiger partial charge in [0.2, 0.25) is 0 Å². The van der Waals surface area contributed by atoms with E-state index in [1.807, 2.05) is 26.0 Å². The summed E-state index contributed by atoms with van der Waals surface area (Å²) >= 11 is 0. The lowest BCUT2D eigenvalue weighted by Crippen LogP contribution is -2.06. The number of furan rings is 2. The first-order chi connectivity index (χ1) is 11.5. The van der Waals surface area contributed by atoms with Crippen molar-refractivity contribution in [2.45, 2.75) is 19.8 Å². The van der Waals surface area contributed by atoms with Gasteiger partial charge in [0.15, 0.2) is 5.75 Å². The zero-order valence-electron chi connectivity index (χ0n) is 13.6. The minimum absolute atomic E-state index is 0.0897. The van der Waals surface area contributed by atoms with Gasteiger partial charge in [-0.1, -0.05) is 12.1 Å². The highest BCUT2D eigenvalue weighted by Crippen LogP contribution is 2.42. The summed E-state index contributed by atoms with van der Waals surface area (Å²) < 4.78 is 16.7. The van der Waals surface area contributed by atoms with E-state index in [0.717, 1.165) is 11.5 Å². The van der Waals surface area contributed by atoms with E-state index < -0.39 is 10.8 Å². The summed E-state index contributed by atoms with van der Waals surface area (Å²) in [6.45, 7) is 3.65. The van der Waals surface area contributed by atoms with E-state index in [-0.39, 0.29) is 11.4 Å². The predicted molar refractivity (Wildman–Crippen MR) is 87.5 cm³/mol. The Kier molecular flexibility index (Phi) is 4.12.